The van der Waals surface area contributed by atoms with Crippen LogP contribution in [0.2, 0.25) is 0 Å². The third kappa shape index (κ3) is 1.50. The Morgan fingerprint density at radius 1 is 1.64 bits per heavy atom. The van der Waals surface area contributed by atoms with Crippen molar-refractivity contribution in [1.82, 2.24) is 0 Å². The molecule has 1 fully saturated rings. The number of nitrogen functional groups attached to an aromatic ring is 1. The van der Waals surface area contributed by atoms with Gasteiger partial charge in [-0.15, -0.1) is 11.3 Å². The lowest BCUT2D eigenvalue weighted by Gasteiger charge is -2.31. The van der Waals surface area contributed by atoms with E-state index in [0.29, 0.717) is 12.1 Å². The summed E-state index contributed by atoms with van der Waals surface area (Å²) >= 11 is 1.53. The van der Waals surface area contributed by atoms with Gasteiger partial charge >= 0.3 is 0 Å². The third-order valence-electron chi connectivity index (χ3n) is 2.49. The molecule has 0 saturated carbocycles. The number of nitrogens with two attached hydrogens (primary N) is 1. The van der Waals surface area contributed by atoms with Gasteiger partial charge in [-0.25, -0.2) is 0 Å². The first-order valence-electron chi connectivity index (χ1n) is 4.90. The molecule has 1 aromatic rings. The van der Waals surface area contributed by atoms with E-state index in [1.54, 1.807) is 0 Å². The highest BCUT2D eigenvalue weighted by Gasteiger charge is 2.20. The van der Waals surface area contributed by atoms with E-state index >= 15 is 0 Å². The van der Waals surface area contributed by atoms with Crippen LogP contribution in [0.15, 0.2) is 6.07 Å². The van der Waals surface area contributed by atoms with Gasteiger partial charge in [-0.3, -0.25) is 4.79 Å². The summed E-state index contributed by atoms with van der Waals surface area (Å²) in [5.41, 5.74) is 6.44. The standard InChI is InChI=1S/C10H14N2OS/c1-2-8(13)10-7(11)6-9(14-10)12-4-3-5-12/h6H,2-5,11H2,1H3. The Hall–Kier alpha value is -1.03. The maximum Gasteiger partial charge on any atom is 0.174 e. The van der Waals surface area contributed by atoms with Crippen molar-refractivity contribution < 1.29 is 4.79 Å². The van der Waals surface area contributed by atoms with Crippen LogP contribution in [0.25, 0.3) is 0 Å². The Morgan fingerprint density at radius 2 is 2.36 bits per heavy atom. The molecule has 2 N–H and O–H groups in total. The molecule has 0 aliphatic carbocycles. The van der Waals surface area contributed by atoms with Gasteiger partial charge in [0.05, 0.1) is 15.6 Å². The summed E-state index contributed by atoms with van der Waals surface area (Å²) in [4.78, 5) is 14.5. The van der Waals surface area contributed by atoms with Gasteiger partial charge < -0.3 is 10.6 Å². The van der Waals surface area contributed by atoms with Crippen molar-refractivity contribution in [3.63, 3.8) is 0 Å². The molecule has 14 heavy (non-hydrogen) atoms. The summed E-state index contributed by atoms with van der Waals surface area (Å²) in [6.07, 6.45) is 1.78. The summed E-state index contributed by atoms with van der Waals surface area (Å²) in [6, 6.07) is 1.92. The number of hydrogen-bond acceptors (Lipinski definition) is 4. The lowest BCUT2D eigenvalue weighted by Crippen LogP contribution is -2.36. The van der Waals surface area contributed by atoms with Crippen molar-refractivity contribution in [2.45, 2.75) is 19.8 Å². The predicted molar refractivity (Wildman–Crippen MR) is 60.2 cm³/mol. The topological polar surface area (TPSA) is 46.3 Å². The van der Waals surface area contributed by atoms with Gasteiger partial charge in [0.25, 0.3) is 0 Å². The molecule has 0 unspecified atom stereocenters. The van der Waals surface area contributed by atoms with E-state index < -0.39 is 0 Å². The van der Waals surface area contributed by atoms with Gasteiger partial charge in [0.2, 0.25) is 0 Å². The van der Waals surface area contributed by atoms with Crippen LogP contribution in [-0.2, 0) is 0 Å². The van der Waals surface area contributed by atoms with E-state index in [1.165, 1.54) is 17.8 Å². The Morgan fingerprint density at radius 3 is 2.86 bits per heavy atom. The SMILES string of the molecule is CCC(=O)c1sc(N2CCC2)cc1N. The van der Waals surface area contributed by atoms with Crippen LogP contribution in [0.5, 0.6) is 0 Å². The first kappa shape index (κ1) is 9.52. The average molecular weight is 210 g/mol. The van der Waals surface area contributed by atoms with Crippen LogP contribution in [0.3, 0.4) is 0 Å². The molecule has 1 aliphatic rings. The highest BCUT2D eigenvalue weighted by atomic mass is 32.1. The van der Waals surface area contributed by atoms with Crippen LogP contribution in [0, 0.1) is 0 Å². The molecule has 1 aromatic heterocycles. The van der Waals surface area contributed by atoms with Gasteiger partial charge in [0.1, 0.15) is 0 Å². The largest absolute Gasteiger partial charge is 0.397 e. The van der Waals surface area contributed by atoms with Crippen molar-refractivity contribution in [1.29, 1.82) is 0 Å². The first-order chi connectivity index (χ1) is 6.72. The second-order valence-electron chi connectivity index (χ2n) is 3.49. The second-order valence-corrected chi connectivity index (χ2v) is 4.52. The van der Waals surface area contributed by atoms with E-state index in [4.69, 9.17) is 5.73 Å². The zero-order chi connectivity index (χ0) is 10.1. The lowest BCUT2D eigenvalue weighted by molar-refractivity contribution is 0.0993. The van der Waals surface area contributed by atoms with Gasteiger partial charge in [0.15, 0.2) is 5.78 Å². The number of carbonyl (C=O) groups excluding carboxylic acids is 1. The minimum atomic E-state index is 0.152. The molecule has 76 valence electrons. The maximum absolute atomic E-state index is 11.5. The average Bonchev–Trinajstić information content (AvgIpc) is 2.43. The Bertz CT molecular complexity index is 355. The van der Waals surface area contributed by atoms with Crippen LogP contribution < -0.4 is 10.6 Å². The summed E-state index contributed by atoms with van der Waals surface area (Å²) in [7, 11) is 0. The zero-order valence-electron chi connectivity index (χ0n) is 8.25. The normalized spacial score (nSPS) is 15.4. The van der Waals surface area contributed by atoms with E-state index in [-0.39, 0.29) is 5.78 Å². The Kier molecular flexibility index (Phi) is 2.46. The summed E-state index contributed by atoms with van der Waals surface area (Å²) in [5.74, 6) is 0.152. The minimum absolute atomic E-state index is 0.152. The second kappa shape index (κ2) is 3.61. The van der Waals surface area contributed by atoms with Crippen molar-refractivity contribution in [2.24, 2.45) is 0 Å². The fraction of sp³-hybridized carbons (Fsp3) is 0.500. The molecular formula is C10H14N2OS. The molecule has 0 amide bonds. The highest BCUT2D eigenvalue weighted by Crippen LogP contribution is 2.34. The zero-order valence-corrected chi connectivity index (χ0v) is 9.06. The van der Waals surface area contributed by atoms with Crippen molar-refractivity contribution in [2.75, 3.05) is 23.7 Å². The van der Waals surface area contributed by atoms with Crippen LogP contribution in [0.1, 0.15) is 29.4 Å². The maximum atomic E-state index is 11.5. The van der Waals surface area contributed by atoms with Crippen molar-refractivity contribution >= 4 is 27.8 Å². The Labute approximate surface area is 87.5 Å². The van der Waals surface area contributed by atoms with Crippen LogP contribution in [0.4, 0.5) is 10.7 Å². The quantitative estimate of drug-likeness (QED) is 0.777. The number of thiophene rings is 1. The molecule has 0 spiro atoms. The number of hydrogen-bond donors (Lipinski definition) is 1. The van der Waals surface area contributed by atoms with Crippen LogP contribution >= 0.6 is 11.3 Å². The predicted octanol–water partition coefficient (Wildman–Crippen LogP) is 2.13. The molecule has 1 saturated heterocycles. The lowest BCUT2D eigenvalue weighted by atomic mass is 10.2. The monoisotopic (exact) mass is 210 g/mol. The number of nitrogens with zero attached hydrogens (tertiary/aromatic N) is 1. The number of anilines is 2. The van der Waals surface area contributed by atoms with E-state index in [9.17, 15) is 4.79 Å². The molecule has 0 aromatic carbocycles. The minimum Gasteiger partial charge on any atom is -0.397 e. The summed E-state index contributed by atoms with van der Waals surface area (Å²) < 4.78 is 0. The molecule has 0 bridgehead atoms. The van der Waals surface area contributed by atoms with Crippen LogP contribution in [-0.4, -0.2) is 18.9 Å². The molecule has 4 heteroatoms. The highest BCUT2D eigenvalue weighted by molar-refractivity contribution is 7.18. The number of Topliss-reactive ketones (excluding diaryl/α,β-unsaturated/α-hetero) is 1. The number of ketones is 1. The van der Waals surface area contributed by atoms with E-state index in [1.807, 2.05) is 13.0 Å². The summed E-state index contributed by atoms with van der Waals surface area (Å²) in [5, 5.41) is 1.14. The first-order valence-corrected chi connectivity index (χ1v) is 5.71. The van der Waals surface area contributed by atoms with Crippen molar-refractivity contribution in [3.05, 3.63) is 10.9 Å². The van der Waals surface area contributed by atoms with Gasteiger partial charge in [-0.05, 0) is 12.5 Å². The molecule has 0 atom stereocenters. The number of rotatable bonds is 3. The fourth-order valence-electron chi connectivity index (χ4n) is 1.46. The fourth-order valence-corrected chi connectivity index (χ4v) is 2.60. The Balaban J connectivity index is 2.24. The molecule has 3 nitrogen and oxygen atoms in total. The van der Waals surface area contributed by atoms with E-state index in [0.717, 1.165) is 23.0 Å². The number of carbonyl (C=O) groups is 1. The van der Waals surface area contributed by atoms with Gasteiger partial charge in [-0.2, -0.15) is 0 Å². The summed E-state index contributed by atoms with van der Waals surface area (Å²) in [6.45, 7) is 4.06. The van der Waals surface area contributed by atoms with E-state index in [2.05, 4.69) is 4.90 Å². The molecule has 2 rings (SSSR count). The van der Waals surface area contributed by atoms with Gasteiger partial charge in [-0.1, -0.05) is 6.92 Å². The van der Waals surface area contributed by atoms with Gasteiger partial charge in [0, 0.05) is 19.5 Å². The molecule has 1 aliphatic heterocycles. The third-order valence-corrected chi connectivity index (χ3v) is 3.74. The molecule has 0 radical (unpaired) electrons. The smallest absolute Gasteiger partial charge is 0.174 e. The molecular weight excluding hydrogens is 196 g/mol. The molecule has 2 heterocycles. The van der Waals surface area contributed by atoms with Crippen molar-refractivity contribution in [3.8, 4) is 0 Å².